The number of nitro groups is 1. The highest BCUT2D eigenvalue weighted by molar-refractivity contribution is 5.79. The van der Waals surface area contributed by atoms with Crippen molar-refractivity contribution in [1.82, 2.24) is 15.2 Å². The highest BCUT2D eigenvalue weighted by Gasteiger charge is 2.47. The van der Waals surface area contributed by atoms with Gasteiger partial charge in [0.05, 0.1) is 10.6 Å². The van der Waals surface area contributed by atoms with Gasteiger partial charge in [-0.2, -0.15) is 0 Å². The van der Waals surface area contributed by atoms with Crippen molar-refractivity contribution in [3.05, 3.63) is 33.4 Å². The summed E-state index contributed by atoms with van der Waals surface area (Å²) < 4.78 is 0. The van der Waals surface area contributed by atoms with Gasteiger partial charge in [0.15, 0.2) is 0 Å². The fourth-order valence-corrected chi connectivity index (χ4v) is 5.43. The predicted octanol–water partition coefficient (Wildman–Crippen LogP) is 3.05. The zero-order valence-electron chi connectivity index (χ0n) is 16.9. The van der Waals surface area contributed by atoms with Crippen molar-refractivity contribution >= 4 is 17.4 Å². The van der Waals surface area contributed by atoms with Crippen LogP contribution < -0.4 is 10.4 Å². The largest absolute Gasteiger partial charge is 0.336 e. The fraction of sp³-hybridized carbons (Fsp3) is 0.650. The molecule has 1 fully saturated rings. The number of likely N-dealkylation sites (tertiary alicyclic amines) is 1. The number of amides is 2. The van der Waals surface area contributed by atoms with Crippen LogP contribution in [0.3, 0.4) is 0 Å². The van der Waals surface area contributed by atoms with Crippen molar-refractivity contribution < 1.29 is 9.72 Å². The van der Waals surface area contributed by atoms with Crippen molar-refractivity contribution in [2.24, 2.45) is 0 Å². The van der Waals surface area contributed by atoms with Gasteiger partial charge < -0.3 is 9.80 Å². The molecule has 152 valence electrons. The minimum absolute atomic E-state index is 0.120. The number of nitrogens with one attached hydrogen (secondary N) is 1. The van der Waals surface area contributed by atoms with E-state index in [1.54, 1.807) is 11.0 Å². The number of hydrazine groups is 1. The molecule has 1 aliphatic carbocycles. The second-order valence-electron chi connectivity index (χ2n) is 8.12. The number of nitro benzene ring substituents is 1. The quantitative estimate of drug-likeness (QED) is 0.634. The van der Waals surface area contributed by atoms with E-state index in [0.717, 1.165) is 42.6 Å². The second-order valence-corrected chi connectivity index (χ2v) is 8.12. The average Bonchev–Trinajstić information content (AvgIpc) is 3.02. The molecule has 3 atom stereocenters. The third-order valence-corrected chi connectivity index (χ3v) is 6.77. The second kappa shape index (κ2) is 7.24. The lowest BCUT2D eigenvalue weighted by molar-refractivity contribution is -0.386. The summed E-state index contributed by atoms with van der Waals surface area (Å²) in [5.41, 5.74) is 6.20. The SMILES string of the molecule is CCN(CC)C(=O)NN1CC2C[C@@H]3[C@H](CCCN3C)c3c([N+](=O)[O-])ccc1c32. The van der Waals surface area contributed by atoms with Crippen LogP contribution in [-0.4, -0.2) is 60.0 Å². The summed E-state index contributed by atoms with van der Waals surface area (Å²) in [5, 5.41) is 13.7. The maximum Gasteiger partial charge on any atom is 0.336 e. The van der Waals surface area contributed by atoms with Crippen molar-refractivity contribution in [3.8, 4) is 0 Å². The van der Waals surface area contributed by atoms with Crippen LogP contribution in [0.4, 0.5) is 16.2 Å². The van der Waals surface area contributed by atoms with Gasteiger partial charge in [0.1, 0.15) is 0 Å². The van der Waals surface area contributed by atoms with Gasteiger partial charge >= 0.3 is 6.03 Å². The normalized spacial score (nSPS) is 25.8. The number of urea groups is 1. The summed E-state index contributed by atoms with van der Waals surface area (Å²) in [4.78, 5) is 28.3. The number of benzene rings is 1. The summed E-state index contributed by atoms with van der Waals surface area (Å²) >= 11 is 0. The van der Waals surface area contributed by atoms with Crippen LogP contribution in [0, 0.1) is 10.1 Å². The van der Waals surface area contributed by atoms with E-state index in [4.69, 9.17) is 0 Å². The van der Waals surface area contributed by atoms with Crippen LogP contribution in [0.1, 0.15) is 56.1 Å². The molecule has 0 radical (unpaired) electrons. The number of carbonyl (C=O) groups excluding carboxylic acids is 1. The van der Waals surface area contributed by atoms with Crippen molar-refractivity contribution in [1.29, 1.82) is 0 Å². The Balaban J connectivity index is 1.74. The number of nitrogens with zero attached hydrogens (tertiary/aromatic N) is 4. The first-order valence-corrected chi connectivity index (χ1v) is 10.3. The molecule has 3 aliphatic rings. The number of hydrogen-bond acceptors (Lipinski definition) is 5. The molecule has 2 heterocycles. The van der Waals surface area contributed by atoms with E-state index in [1.165, 1.54) is 0 Å². The number of anilines is 1. The summed E-state index contributed by atoms with van der Waals surface area (Å²) in [7, 11) is 2.13. The maximum absolute atomic E-state index is 12.6. The van der Waals surface area contributed by atoms with E-state index < -0.39 is 0 Å². The maximum atomic E-state index is 12.6. The Morgan fingerprint density at radius 2 is 2.07 bits per heavy atom. The molecule has 28 heavy (non-hydrogen) atoms. The van der Waals surface area contributed by atoms with Crippen LogP contribution in [-0.2, 0) is 0 Å². The van der Waals surface area contributed by atoms with Gasteiger partial charge in [0.2, 0.25) is 0 Å². The summed E-state index contributed by atoms with van der Waals surface area (Å²) in [6, 6.07) is 3.65. The Hall–Kier alpha value is -2.35. The number of likely N-dealkylation sites (N-methyl/N-ethyl adjacent to an activating group) is 1. The Morgan fingerprint density at radius 3 is 2.75 bits per heavy atom. The highest BCUT2D eigenvalue weighted by atomic mass is 16.6. The molecule has 4 rings (SSSR count). The molecular formula is C20H29N5O3. The zero-order valence-corrected chi connectivity index (χ0v) is 16.9. The molecule has 0 spiro atoms. The van der Waals surface area contributed by atoms with Crippen LogP contribution in [0.15, 0.2) is 12.1 Å². The molecule has 8 nitrogen and oxygen atoms in total. The van der Waals surface area contributed by atoms with Gasteiger partial charge in [0.25, 0.3) is 5.69 Å². The number of hydrogen-bond donors (Lipinski definition) is 1. The lowest BCUT2D eigenvalue weighted by Gasteiger charge is -2.44. The van der Waals surface area contributed by atoms with E-state index in [0.29, 0.717) is 25.7 Å². The first-order chi connectivity index (χ1) is 13.5. The molecule has 1 aromatic carbocycles. The summed E-state index contributed by atoms with van der Waals surface area (Å²) in [5.74, 6) is 0.410. The van der Waals surface area contributed by atoms with Crippen LogP contribution in [0.5, 0.6) is 0 Å². The molecule has 8 heteroatoms. The van der Waals surface area contributed by atoms with Crippen LogP contribution >= 0.6 is 0 Å². The van der Waals surface area contributed by atoms with Gasteiger partial charge in [-0.3, -0.25) is 15.1 Å². The van der Waals surface area contributed by atoms with Gasteiger partial charge in [0, 0.05) is 49.1 Å². The third-order valence-electron chi connectivity index (χ3n) is 6.77. The van der Waals surface area contributed by atoms with Gasteiger partial charge in [-0.25, -0.2) is 10.2 Å². The van der Waals surface area contributed by atoms with Crippen LogP contribution in [0.2, 0.25) is 0 Å². The van der Waals surface area contributed by atoms with Gasteiger partial charge in [-0.05, 0) is 58.3 Å². The van der Waals surface area contributed by atoms with E-state index in [9.17, 15) is 14.9 Å². The Labute approximate surface area is 165 Å². The first-order valence-electron chi connectivity index (χ1n) is 10.3. The Kier molecular flexibility index (Phi) is 4.91. The minimum atomic E-state index is -0.235. The molecule has 0 aromatic heterocycles. The Bertz CT molecular complexity index is 794. The van der Waals surface area contributed by atoms with E-state index >= 15 is 0 Å². The predicted molar refractivity (Wildman–Crippen MR) is 108 cm³/mol. The monoisotopic (exact) mass is 387 g/mol. The molecule has 1 unspecified atom stereocenters. The standard InChI is InChI=1S/C20H29N5O3/c1-4-23(5-2)20(26)21-24-12-13-11-17-14(7-6-10-22(17)3)19-16(25(27)28)9-8-15(24)18(13)19/h8-9,13-14,17H,4-7,10-12H2,1-3H3,(H,21,26)/t13?,14-,17+/m0/s1. The van der Waals surface area contributed by atoms with Gasteiger partial charge in [-0.15, -0.1) is 0 Å². The molecule has 1 N–H and O–H groups in total. The molecule has 2 aliphatic heterocycles. The Morgan fingerprint density at radius 1 is 1.32 bits per heavy atom. The molecular weight excluding hydrogens is 358 g/mol. The molecule has 0 saturated carbocycles. The third kappa shape index (κ3) is 2.90. The van der Waals surface area contributed by atoms with Crippen molar-refractivity contribution in [2.45, 2.75) is 51.0 Å². The fourth-order valence-electron chi connectivity index (χ4n) is 5.43. The number of fused-ring (bicyclic) bond motifs is 2. The summed E-state index contributed by atoms with van der Waals surface area (Å²) in [6.07, 6.45) is 3.04. The number of rotatable bonds is 4. The van der Waals surface area contributed by atoms with E-state index in [2.05, 4.69) is 17.4 Å². The highest BCUT2D eigenvalue weighted by Crippen LogP contribution is 2.54. The topological polar surface area (TPSA) is 82.0 Å². The van der Waals surface area contributed by atoms with Crippen molar-refractivity contribution in [3.63, 3.8) is 0 Å². The van der Waals surface area contributed by atoms with Gasteiger partial charge in [-0.1, -0.05) is 0 Å². The zero-order chi connectivity index (χ0) is 20.0. The molecule has 0 bridgehead atoms. The number of carbonyl (C=O) groups is 1. The molecule has 2 amide bonds. The average molecular weight is 387 g/mol. The lowest BCUT2D eigenvalue weighted by Crippen LogP contribution is -2.49. The smallest absolute Gasteiger partial charge is 0.324 e. The minimum Gasteiger partial charge on any atom is -0.324 e. The first kappa shape index (κ1) is 19.0. The summed E-state index contributed by atoms with van der Waals surface area (Å²) in [6.45, 7) is 6.92. The van der Waals surface area contributed by atoms with Crippen LogP contribution in [0.25, 0.3) is 0 Å². The number of piperidine rings is 1. The van der Waals surface area contributed by atoms with E-state index in [1.807, 2.05) is 24.9 Å². The van der Waals surface area contributed by atoms with E-state index in [-0.39, 0.29) is 28.5 Å². The lowest BCUT2D eigenvalue weighted by atomic mass is 9.70. The molecule has 1 saturated heterocycles. The van der Waals surface area contributed by atoms with Crippen molar-refractivity contribution in [2.75, 3.05) is 38.2 Å². The molecule has 1 aromatic rings.